The molecule has 0 bridgehead atoms. The average Bonchev–Trinajstić information content (AvgIpc) is 2.07. The molecule has 0 spiro atoms. The van der Waals surface area contributed by atoms with Gasteiger partial charge in [-0.3, -0.25) is 0 Å². The Morgan fingerprint density at radius 3 is 2.33 bits per heavy atom. The van der Waals surface area contributed by atoms with Gasteiger partial charge in [0.15, 0.2) is 0 Å². The Kier molecular flexibility index (Phi) is 2.52. The second-order valence-corrected chi connectivity index (χ2v) is 6.85. The van der Waals surface area contributed by atoms with E-state index in [-0.39, 0.29) is 5.41 Å². The van der Waals surface area contributed by atoms with Gasteiger partial charge >= 0.3 is 0 Å². The van der Waals surface area contributed by atoms with Crippen LogP contribution in [0.2, 0.25) is 0 Å². The van der Waals surface area contributed by atoms with E-state index in [1.54, 1.807) is 0 Å². The first-order valence-corrected chi connectivity index (χ1v) is 6.55. The molecule has 0 radical (unpaired) electrons. The van der Waals surface area contributed by atoms with Crippen molar-refractivity contribution in [3.8, 4) is 0 Å². The third-order valence-corrected chi connectivity index (χ3v) is 3.99. The summed E-state index contributed by atoms with van der Waals surface area (Å²) in [6, 6.07) is 0. The molecule has 0 aromatic rings. The number of hydrogen-bond donors (Lipinski definition) is 0. The van der Waals surface area contributed by atoms with E-state index in [4.69, 9.17) is 0 Å². The third-order valence-electron chi connectivity index (χ3n) is 2.98. The molecule has 0 aromatic carbocycles. The molecule has 1 rings (SSSR count). The lowest BCUT2D eigenvalue weighted by atomic mass is 9.83. The maximum atomic E-state index is 11.1. The molecule has 0 N–H and O–H groups in total. The van der Waals surface area contributed by atoms with Gasteiger partial charge in [0.05, 0.1) is 5.75 Å². The topological polar surface area (TPSA) is 34.1 Å². The molecule has 1 fully saturated rings. The van der Waals surface area contributed by atoms with Gasteiger partial charge in [0.25, 0.3) is 0 Å². The third kappa shape index (κ3) is 2.47. The van der Waals surface area contributed by atoms with Crippen molar-refractivity contribution in [1.82, 2.24) is 0 Å². The van der Waals surface area contributed by atoms with Crippen LogP contribution in [0.4, 0.5) is 0 Å². The second-order valence-electron chi connectivity index (χ2n) is 4.67. The summed E-state index contributed by atoms with van der Waals surface area (Å²) in [7, 11) is -2.78. The Morgan fingerprint density at radius 1 is 1.42 bits per heavy atom. The van der Waals surface area contributed by atoms with E-state index in [1.807, 2.05) is 0 Å². The Labute approximate surface area is 75.3 Å². The average molecular weight is 190 g/mol. The van der Waals surface area contributed by atoms with Gasteiger partial charge in [-0.1, -0.05) is 20.3 Å². The highest BCUT2D eigenvalue weighted by Gasteiger charge is 2.36. The summed E-state index contributed by atoms with van der Waals surface area (Å²) in [5, 5.41) is 0. The Hall–Kier alpha value is -0.0500. The first-order valence-electron chi connectivity index (χ1n) is 4.49. The highest BCUT2D eigenvalue weighted by Crippen LogP contribution is 2.42. The molecule has 1 atom stereocenters. The fourth-order valence-electron chi connectivity index (χ4n) is 2.07. The molecular formula is C9H18O2S. The van der Waals surface area contributed by atoms with Gasteiger partial charge in [-0.2, -0.15) is 0 Å². The molecule has 1 unspecified atom stereocenters. The fraction of sp³-hybridized carbons (Fsp3) is 1.00. The van der Waals surface area contributed by atoms with E-state index in [1.165, 1.54) is 19.1 Å². The normalized spacial score (nSPS) is 29.1. The molecule has 2 nitrogen and oxygen atoms in total. The zero-order valence-electron chi connectivity index (χ0n) is 8.13. The summed E-state index contributed by atoms with van der Waals surface area (Å²) in [5.74, 6) is 0.757. The summed E-state index contributed by atoms with van der Waals surface area (Å²) >= 11 is 0. The first kappa shape index (κ1) is 10.0. The van der Waals surface area contributed by atoms with Crippen LogP contribution in [0.5, 0.6) is 0 Å². The van der Waals surface area contributed by atoms with Crippen molar-refractivity contribution in [2.24, 2.45) is 11.3 Å². The first-order chi connectivity index (χ1) is 5.31. The van der Waals surface area contributed by atoms with Crippen LogP contribution in [0.15, 0.2) is 0 Å². The fourth-order valence-corrected chi connectivity index (χ4v) is 3.42. The lowest BCUT2D eigenvalue weighted by Crippen LogP contribution is -2.24. The SMILES string of the molecule is CC1(C)CCCC1CS(C)(=O)=O. The van der Waals surface area contributed by atoms with Crippen LogP contribution in [0, 0.1) is 11.3 Å². The molecular weight excluding hydrogens is 172 g/mol. The van der Waals surface area contributed by atoms with E-state index < -0.39 is 9.84 Å². The second kappa shape index (κ2) is 3.02. The highest BCUT2D eigenvalue weighted by molar-refractivity contribution is 7.90. The summed E-state index contributed by atoms with van der Waals surface area (Å²) in [4.78, 5) is 0. The summed E-state index contributed by atoms with van der Waals surface area (Å²) in [6.07, 6.45) is 4.78. The minimum absolute atomic E-state index is 0.239. The molecule has 12 heavy (non-hydrogen) atoms. The Balaban J connectivity index is 2.65. The van der Waals surface area contributed by atoms with Crippen molar-refractivity contribution in [3.05, 3.63) is 0 Å². The van der Waals surface area contributed by atoms with Crippen molar-refractivity contribution in [1.29, 1.82) is 0 Å². The lowest BCUT2D eigenvalue weighted by molar-refractivity contribution is 0.282. The minimum atomic E-state index is -2.78. The molecule has 0 heterocycles. The largest absolute Gasteiger partial charge is 0.229 e. The van der Waals surface area contributed by atoms with Crippen LogP contribution in [-0.4, -0.2) is 20.4 Å². The van der Waals surface area contributed by atoms with E-state index in [2.05, 4.69) is 13.8 Å². The maximum Gasteiger partial charge on any atom is 0.147 e. The molecule has 1 aliphatic carbocycles. The zero-order chi connectivity index (χ0) is 9.41. The highest BCUT2D eigenvalue weighted by atomic mass is 32.2. The molecule has 3 heteroatoms. The molecule has 0 amide bonds. The van der Waals surface area contributed by atoms with Gasteiger partial charge < -0.3 is 0 Å². The number of rotatable bonds is 2. The van der Waals surface area contributed by atoms with Crippen molar-refractivity contribution >= 4 is 9.84 Å². The van der Waals surface area contributed by atoms with Crippen LogP contribution in [0.25, 0.3) is 0 Å². The van der Waals surface area contributed by atoms with Gasteiger partial charge in [-0.25, -0.2) is 8.42 Å². The van der Waals surface area contributed by atoms with Crippen LogP contribution in [0.3, 0.4) is 0 Å². The molecule has 0 aromatic heterocycles. The minimum Gasteiger partial charge on any atom is -0.229 e. The van der Waals surface area contributed by atoms with E-state index in [9.17, 15) is 8.42 Å². The Morgan fingerprint density at radius 2 is 2.00 bits per heavy atom. The van der Waals surface area contributed by atoms with Gasteiger partial charge in [-0.15, -0.1) is 0 Å². The number of hydrogen-bond acceptors (Lipinski definition) is 2. The van der Waals surface area contributed by atoms with Crippen molar-refractivity contribution in [2.45, 2.75) is 33.1 Å². The van der Waals surface area contributed by atoms with Gasteiger partial charge in [-0.05, 0) is 24.2 Å². The van der Waals surface area contributed by atoms with Crippen molar-refractivity contribution in [2.75, 3.05) is 12.0 Å². The Bertz CT molecular complexity index is 252. The van der Waals surface area contributed by atoms with Crippen LogP contribution in [0.1, 0.15) is 33.1 Å². The van der Waals surface area contributed by atoms with Gasteiger partial charge in [0.2, 0.25) is 0 Å². The summed E-state index contributed by atoms with van der Waals surface area (Å²) < 4.78 is 22.2. The molecule has 72 valence electrons. The van der Waals surface area contributed by atoms with Crippen molar-refractivity contribution in [3.63, 3.8) is 0 Å². The number of sulfone groups is 1. The zero-order valence-corrected chi connectivity index (χ0v) is 8.95. The summed E-state index contributed by atoms with van der Waals surface area (Å²) in [5.41, 5.74) is 0.239. The van der Waals surface area contributed by atoms with Gasteiger partial charge in [0.1, 0.15) is 9.84 Å². The molecule has 0 aliphatic heterocycles. The standard InChI is InChI=1S/C9H18O2S/c1-9(2)6-4-5-8(9)7-12(3,10)11/h8H,4-7H2,1-3H3. The van der Waals surface area contributed by atoms with Crippen LogP contribution >= 0.6 is 0 Å². The predicted molar refractivity (Wildman–Crippen MR) is 50.8 cm³/mol. The quantitative estimate of drug-likeness (QED) is 0.666. The summed E-state index contributed by atoms with van der Waals surface area (Å²) in [6.45, 7) is 4.35. The maximum absolute atomic E-state index is 11.1. The predicted octanol–water partition coefficient (Wildman–Crippen LogP) is 1.86. The van der Waals surface area contributed by atoms with Crippen LogP contribution < -0.4 is 0 Å². The van der Waals surface area contributed by atoms with Crippen molar-refractivity contribution < 1.29 is 8.42 Å². The monoisotopic (exact) mass is 190 g/mol. The molecule has 1 saturated carbocycles. The van der Waals surface area contributed by atoms with E-state index >= 15 is 0 Å². The van der Waals surface area contributed by atoms with E-state index in [0.717, 1.165) is 6.42 Å². The lowest BCUT2D eigenvalue weighted by Gasteiger charge is -2.25. The van der Waals surface area contributed by atoms with Gasteiger partial charge in [0, 0.05) is 6.26 Å². The van der Waals surface area contributed by atoms with Crippen LogP contribution in [-0.2, 0) is 9.84 Å². The molecule has 1 aliphatic rings. The molecule has 0 saturated heterocycles. The smallest absolute Gasteiger partial charge is 0.147 e. The van der Waals surface area contributed by atoms with E-state index in [0.29, 0.717) is 11.7 Å².